The van der Waals surface area contributed by atoms with E-state index in [0.29, 0.717) is 30.0 Å². The summed E-state index contributed by atoms with van der Waals surface area (Å²) >= 11 is 0. The van der Waals surface area contributed by atoms with E-state index < -0.39 is 11.9 Å². The fourth-order valence-corrected chi connectivity index (χ4v) is 5.92. The predicted octanol–water partition coefficient (Wildman–Crippen LogP) is 2.90. The molecule has 0 heterocycles. The molecule has 2 N–H and O–H groups in total. The van der Waals surface area contributed by atoms with Crippen LogP contribution in [0.5, 0.6) is 5.75 Å². The van der Waals surface area contributed by atoms with Crippen molar-refractivity contribution in [3.8, 4) is 5.75 Å². The number of benzene rings is 1. The maximum absolute atomic E-state index is 12.8. The quantitative estimate of drug-likeness (QED) is 0.638. The number of esters is 1. The number of anilines is 1. The third kappa shape index (κ3) is 4.60. The summed E-state index contributed by atoms with van der Waals surface area (Å²) in [6.45, 7) is 1.88. The van der Waals surface area contributed by atoms with Crippen LogP contribution >= 0.6 is 0 Å². The molecule has 0 aliphatic heterocycles. The lowest BCUT2D eigenvalue weighted by atomic mass is 9.49. The van der Waals surface area contributed by atoms with Crippen LogP contribution < -0.4 is 15.4 Å². The molecule has 4 fully saturated rings. The van der Waals surface area contributed by atoms with Crippen molar-refractivity contribution in [2.24, 2.45) is 23.2 Å². The smallest absolute Gasteiger partial charge is 0.325 e. The van der Waals surface area contributed by atoms with Crippen molar-refractivity contribution in [2.45, 2.75) is 45.4 Å². The van der Waals surface area contributed by atoms with Gasteiger partial charge in [0, 0.05) is 11.1 Å². The van der Waals surface area contributed by atoms with Gasteiger partial charge in [0.15, 0.2) is 6.61 Å². The van der Waals surface area contributed by atoms with E-state index in [1.165, 1.54) is 19.3 Å². The molecule has 0 unspecified atom stereocenters. The molecule has 4 aliphatic carbocycles. The Balaban J connectivity index is 1.19. The molecular weight excluding hydrogens is 384 g/mol. The summed E-state index contributed by atoms with van der Waals surface area (Å²) in [5, 5.41) is 5.43. The summed E-state index contributed by atoms with van der Waals surface area (Å²) in [4.78, 5) is 36.8. The zero-order chi connectivity index (χ0) is 21.1. The molecule has 4 saturated carbocycles. The summed E-state index contributed by atoms with van der Waals surface area (Å²) in [5.74, 6) is 1.67. The molecule has 7 heteroatoms. The highest BCUT2D eigenvalue weighted by atomic mass is 16.5. The second-order valence-electron chi connectivity index (χ2n) is 9.05. The number of nitrogens with one attached hydrogen (secondary N) is 2. The summed E-state index contributed by atoms with van der Waals surface area (Å²) in [6.07, 6.45) is 6.63. The summed E-state index contributed by atoms with van der Waals surface area (Å²) in [7, 11) is 0. The Bertz CT molecular complexity index is 769. The molecule has 0 spiro atoms. The van der Waals surface area contributed by atoms with Crippen LogP contribution in [0.4, 0.5) is 5.69 Å². The molecule has 30 heavy (non-hydrogen) atoms. The van der Waals surface area contributed by atoms with E-state index in [9.17, 15) is 14.4 Å². The molecular formula is C23H30N2O5. The van der Waals surface area contributed by atoms with Crippen molar-refractivity contribution in [3.05, 3.63) is 24.3 Å². The molecule has 1 aromatic rings. The highest BCUT2D eigenvalue weighted by Crippen LogP contribution is 2.60. The van der Waals surface area contributed by atoms with E-state index >= 15 is 0 Å². The van der Waals surface area contributed by atoms with Gasteiger partial charge in [-0.3, -0.25) is 14.4 Å². The van der Waals surface area contributed by atoms with Gasteiger partial charge in [0.05, 0.1) is 6.61 Å². The zero-order valence-electron chi connectivity index (χ0n) is 17.4. The minimum absolute atomic E-state index is 0.0163. The fraction of sp³-hybridized carbons (Fsp3) is 0.609. The van der Waals surface area contributed by atoms with Gasteiger partial charge in [0.2, 0.25) is 5.91 Å². The normalized spacial score (nSPS) is 28.6. The first-order chi connectivity index (χ1) is 14.5. The van der Waals surface area contributed by atoms with Gasteiger partial charge in [-0.15, -0.1) is 0 Å². The van der Waals surface area contributed by atoms with Crippen LogP contribution in [0, 0.1) is 23.2 Å². The Morgan fingerprint density at radius 3 is 2.17 bits per heavy atom. The fourth-order valence-electron chi connectivity index (χ4n) is 5.92. The lowest BCUT2D eigenvalue weighted by molar-refractivity contribution is -0.152. The van der Waals surface area contributed by atoms with Gasteiger partial charge in [-0.2, -0.15) is 0 Å². The summed E-state index contributed by atoms with van der Waals surface area (Å²) in [6, 6.07) is 6.95. The predicted molar refractivity (Wildman–Crippen MR) is 111 cm³/mol. The standard InChI is InChI=1S/C23H30N2O5/c1-2-29-19-5-3-18(4-6-19)25-20(26)14-30-21(27)13-24-22(28)23-10-15-7-16(11-23)9-17(8-15)12-23/h3-6,15-17H,2,7-14H2,1H3,(H,24,28)(H,25,26). The van der Waals surface area contributed by atoms with E-state index in [2.05, 4.69) is 10.6 Å². The largest absolute Gasteiger partial charge is 0.494 e. The molecule has 162 valence electrons. The number of ether oxygens (including phenoxy) is 2. The third-order valence-electron chi connectivity index (χ3n) is 6.73. The number of carbonyl (C=O) groups is 3. The van der Waals surface area contributed by atoms with Crippen LogP contribution in [0.15, 0.2) is 24.3 Å². The lowest BCUT2D eigenvalue weighted by Gasteiger charge is -2.55. The Hall–Kier alpha value is -2.57. The van der Waals surface area contributed by atoms with Crippen LogP contribution in [0.2, 0.25) is 0 Å². The van der Waals surface area contributed by atoms with Crippen LogP contribution in [0.3, 0.4) is 0 Å². The molecule has 0 saturated heterocycles. The monoisotopic (exact) mass is 414 g/mol. The van der Waals surface area contributed by atoms with Crippen molar-refractivity contribution >= 4 is 23.5 Å². The van der Waals surface area contributed by atoms with Crippen molar-refractivity contribution < 1.29 is 23.9 Å². The van der Waals surface area contributed by atoms with Crippen LogP contribution in [0.1, 0.15) is 45.4 Å². The molecule has 4 bridgehead atoms. The first-order valence-corrected chi connectivity index (χ1v) is 10.9. The van der Waals surface area contributed by atoms with Gasteiger partial charge in [-0.05, 0) is 87.5 Å². The second kappa shape index (κ2) is 8.66. The third-order valence-corrected chi connectivity index (χ3v) is 6.73. The van der Waals surface area contributed by atoms with Gasteiger partial charge >= 0.3 is 5.97 Å². The van der Waals surface area contributed by atoms with Crippen molar-refractivity contribution in [2.75, 3.05) is 25.1 Å². The maximum Gasteiger partial charge on any atom is 0.325 e. The first-order valence-electron chi connectivity index (χ1n) is 10.9. The van der Waals surface area contributed by atoms with Crippen molar-refractivity contribution in [1.82, 2.24) is 5.32 Å². The van der Waals surface area contributed by atoms with Gasteiger partial charge in [0.25, 0.3) is 5.91 Å². The molecule has 1 aromatic carbocycles. The second-order valence-corrected chi connectivity index (χ2v) is 9.05. The number of carbonyl (C=O) groups excluding carboxylic acids is 3. The van der Waals surface area contributed by atoms with E-state index in [1.54, 1.807) is 24.3 Å². The number of rotatable bonds is 8. The Morgan fingerprint density at radius 2 is 1.60 bits per heavy atom. The molecule has 2 amide bonds. The van der Waals surface area contributed by atoms with Crippen LogP contribution in [-0.2, 0) is 19.1 Å². The average molecular weight is 415 g/mol. The summed E-state index contributed by atoms with van der Waals surface area (Å²) < 4.78 is 10.4. The minimum Gasteiger partial charge on any atom is -0.494 e. The maximum atomic E-state index is 12.8. The van der Waals surface area contributed by atoms with Gasteiger partial charge in [0.1, 0.15) is 12.3 Å². The Labute approximate surface area is 176 Å². The number of hydrogen-bond acceptors (Lipinski definition) is 5. The van der Waals surface area contributed by atoms with Crippen LogP contribution in [0.25, 0.3) is 0 Å². The average Bonchev–Trinajstić information content (AvgIpc) is 2.71. The molecule has 0 atom stereocenters. The molecule has 0 radical (unpaired) electrons. The molecule has 4 aliphatic rings. The topological polar surface area (TPSA) is 93.7 Å². The lowest BCUT2D eigenvalue weighted by Crippen LogP contribution is -2.54. The minimum atomic E-state index is -0.602. The summed E-state index contributed by atoms with van der Waals surface area (Å²) in [5.41, 5.74) is 0.301. The number of amides is 2. The Kier molecular flexibility index (Phi) is 5.97. The molecule has 5 rings (SSSR count). The van der Waals surface area contributed by atoms with Gasteiger partial charge < -0.3 is 20.1 Å². The highest BCUT2D eigenvalue weighted by Gasteiger charge is 2.54. The van der Waals surface area contributed by atoms with E-state index in [-0.39, 0.29) is 24.5 Å². The van der Waals surface area contributed by atoms with Gasteiger partial charge in [-0.1, -0.05) is 0 Å². The van der Waals surface area contributed by atoms with E-state index in [0.717, 1.165) is 25.0 Å². The van der Waals surface area contributed by atoms with Gasteiger partial charge in [-0.25, -0.2) is 0 Å². The van der Waals surface area contributed by atoms with Crippen LogP contribution in [-0.4, -0.2) is 37.5 Å². The highest BCUT2D eigenvalue weighted by molar-refractivity contribution is 5.93. The first kappa shape index (κ1) is 20.7. The molecule has 7 nitrogen and oxygen atoms in total. The van der Waals surface area contributed by atoms with Crippen molar-refractivity contribution in [3.63, 3.8) is 0 Å². The van der Waals surface area contributed by atoms with Crippen molar-refractivity contribution in [1.29, 1.82) is 0 Å². The SMILES string of the molecule is CCOc1ccc(NC(=O)COC(=O)CNC(=O)C23CC4CC(CC(C4)C2)C3)cc1. The molecule has 0 aromatic heterocycles. The Morgan fingerprint density at radius 1 is 1.00 bits per heavy atom. The zero-order valence-corrected chi connectivity index (χ0v) is 17.4. The van der Waals surface area contributed by atoms with E-state index in [1.807, 2.05) is 6.92 Å². The number of hydrogen-bond donors (Lipinski definition) is 2. The van der Waals surface area contributed by atoms with E-state index in [4.69, 9.17) is 9.47 Å².